The van der Waals surface area contributed by atoms with Crippen molar-refractivity contribution < 1.29 is 14.2 Å². The van der Waals surface area contributed by atoms with Crippen LogP contribution >= 0.6 is 0 Å². The molecule has 2 rings (SSSR count). The lowest BCUT2D eigenvalue weighted by molar-refractivity contribution is 0.354. The van der Waals surface area contributed by atoms with Gasteiger partial charge >= 0.3 is 0 Å². The predicted molar refractivity (Wildman–Crippen MR) is 132 cm³/mol. The summed E-state index contributed by atoms with van der Waals surface area (Å²) in [6.45, 7) is 16.9. The van der Waals surface area contributed by atoms with Crippen LogP contribution in [0.5, 0.6) is 17.2 Å². The van der Waals surface area contributed by atoms with E-state index in [-0.39, 0.29) is 0 Å². The van der Waals surface area contributed by atoms with Crippen LogP contribution < -0.4 is 14.2 Å². The fourth-order valence-corrected chi connectivity index (χ4v) is 2.75. The first-order valence-corrected chi connectivity index (χ1v) is 11.2. The first kappa shape index (κ1) is 30.0. The van der Waals surface area contributed by atoms with E-state index in [1.54, 1.807) is 21.3 Å². The summed E-state index contributed by atoms with van der Waals surface area (Å²) in [7, 11) is 5.02. The summed E-state index contributed by atoms with van der Waals surface area (Å²) in [4.78, 5) is 0. The van der Waals surface area contributed by atoms with Gasteiger partial charge in [0.15, 0.2) is 11.5 Å². The molecular formula is C27H46O3. The zero-order valence-corrected chi connectivity index (χ0v) is 21.3. The van der Waals surface area contributed by atoms with Gasteiger partial charge in [-0.2, -0.15) is 0 Å². The van der Waals surface area contributed by atoms with Gasteiger partial charge in [-0.15, -0.1) is 0 Å². The number of benzene rings is 2. The molecule has 0 saturated carbocycles. The molecule has 0 saturated heterocycles. The Bertz CT molecular complexity index is 648. The van der Waals surface area contributed by atoms with Gasteiger partial charge in [-0.1, -0.05) is 73.6 Å². The van der Waals surface area contributed by atoms with Gasteiger partial charge in [0.2, 0.25) is 0 Å². The van der Waals surface area contributed by atoms with E-state index < -0.39 is 0 Å². The lowest BCUT2D eigenvalue weighted by Crippen LogP contribution is -1.96. The molecule has 0 heterocycles. The van der Waals surface area contributed by atoms with Crippen LogP contribution in [0.1, 0.15) is 66.5 Å². The van der Waals surface area contributed by atoms with Gasteiger partial charge in [0, 0.05) is 0 Å². The third-order valence-corrected chi connectivity index (χ3v) is 3.87. The molecule has 0 N–H and O–H groups in total. The zero-order valence-electron chi connectivity index (χ0n) is 21.3. The molecule has 0 aliphatic rings. The van der Waals surface area contributed by atoms with Crippen molar-refractivity contribution in [1.82, 2.24) is 0 Å². The first-order chi connectivity index (χ1) is 14.4. The standard InChI is InChI=1S/C12H18O2.C11H16O.2C2H6/c1-9(2)7-10-5-6-11(13-3)12(8-10)14-4;1-9(2)7-10-5-4-6-11(8-10)12-3;2*1-2/h5-6,8-9H,7H2,1-4H3;4-6,8-9H,7H2,1-3H3;2*1-2H3. The van der Waals surface area contributed by atoms with Gasteiger partial charge in [0.1, 0.15) is 5.75 Å². The van der Waals surface area contributed by atoms with Gasteiger partial charge in [-0.3, -0.25) is 0 Å². The van der Waals surface area contributed by atoms with Gasteiger partial charge in [-0.05, 0) is 60.1 Å². The number of hydrogen-bond acceptors (Lipinski definition) is 3. The average Bonchev–Trinajstić information content (AvgIpc) is 2.76. The summed E-state index contributed by atoms with van der Waals surface area (Å²) in [5.74, 6) is 3.92. The van der Waals surface area contributed by atoms with Crippen LogP contribution in [-0.4, -0.2) is 21.3 Å². The van der Waals surface area contributed by atoms with Crippen LogP contribution in [0.15, 0.2) is 42.5 Å². The van der Waals surface area contributed by atoms with Crippen LogP contribution in [0.2, 0.25) is 0 Å². The van der Waals surface area contributed by atoms with E-state index in [1.165, 1.54) is 11.1 Å². The van der Waals surface area contributed by atoms with E-state index in [4.69, 9.17) is 14.2 Å². The van der Waals surface area contributed by atoms with E-state index in [9.17, 15) is 0 Å². The Labute approximate surface area is 186 Å². The van der Waals surface area contributed by atoms with E-state index in [2.05, 4.69) is 45.9 Å². The molecule has 0 bridgehead atoms. The fourth-order valence-electron chi connectivity index (χ4n) is 2.75. The molecule has 0 fully saturated rings. The molecule has 2 aromatic carbocycles. The summed E-state index contributed by atoms with van der Waals surface area (Å²) >= 11 is 0. The molecule has 0 aliphatic heterocycles. The maximum Gasteiger partial charge on any atom is 0.160 e. The van der Waals surface area contributed by atoms with Gasteiger partial charge in [0.25, 0.3) is 0 Å². The summed E-state index contributed by atoms with van der Waals surface area (Å²) < 4.78 is 15.5. The normalized spacial score (nSPS) is 9.37. The van der Waals surface area contributed by atoms with E-state index in [1.807, 2.05) is 52.0 Å². The van der Waals surface area contributed by atoms with Crippen molar-refractivity contribution in [3.05, 3.63) is 53.6 Å². The lowest BCUT2D eigenvalue weighted by Gasteiger charge is -2.10. The molecule has 0 amide bonds. The minimum atomic E-state index is 0.660. The Balaban J connectivity index is 0. The van der Waals surface area contributed by atoms with Crippen LogP contribution in [-0.2, 0) is 12.8 Å². The quantitative estimate of drug-likeness (QED) is 0.458. The average molecular weight is 419 g/mol. The van der Waals surface area contributed by atoms with Crippen molar-refractivity contribution in [2.75, 3.05) is 21.3 Å². The third-order valence-electron chi connectivity index (χ3n) is 3.87. The minimum Gasteiger partial charge on any atom is -0.497 e. The molecule has 172 valence electrons. The Morgan fingerprint density at radius 2 is 1.10 bits per heavy atom. The summed E-state index contributed by atoms with van der Waals surface area (Å²) in [5, 5.41) is 0. The number of rotatable bonds is 7. The Hall–Kier alpha value is -2.16. The molecular weight excluding hydrogens is 372 g/mol. The highest BCUT2D eigenvalue weighted by atomic mass is 16.5. The zero-order chi connectivity index (χ0) is 23.5. The molecule has 0 unspecified atom stereocenters. The van der Waals surface area contributed by atoms with Crippen molar-refractivity contribution in [3.8, 4) is 17.2 Å². The SMILES string of the molecule is CC.CC.COc1ccc(CC(C)C)cc1OC.COc1cccc(CC(C)C)c1. The second kappa shape index (κ2) is 18.8. The summed E-state index contributed by atoms with van der Waals surface area (Å²) in [6.07, 6.45) is 2.19. The molecule has 30 heavy (non-hydrogen) atoms. The summed E-state index contributed by atoms with van der Waals surface area (Å²) in [6, 6.07) is 14.3. The van der Waals surface area contributed by atoms with Gasteiger partial charge < -0.3 is 14.2 Å². The smallest absolute Gasteiger partial charge is 0.160 e. The Morgan fingerprint density at radius 3 is 1.53 bits per heavy atom. The lowest BCUT2D eigenvalue weighted by atomic mass is 10.0. The van der Waals surface area contributed by atoms with Crippen molar-refractivity contribution in [1.29, 1.82) is 0 Å². The molecule has 0 aliphatic carbocycles. The van der Waals surface area contributed by atoms with Gasteiger partial charge in [-0.25, -0.2) is 0 Å². The first-order valence-electron chi connectivity index (χ1n) is 11.2. The second-order valence-electron chi connectivity index (χ2n) is 7.24. The largest absolute Gasteiger partial charge is 0.497 e. The Kier molecular flexibility index (Phi) is 18.9. The number of ether oxygens (including phenoxy) is 3. The number of methoxy groups -OCH3 is 3. The molecule has 0 radical (unpaired) electrons. The van der Waals surface area contributed by atoms with Crippen molar-refractivity contribution in [2.45, 2.75) is 68.2 Å². The monoisotopic (exact) mass is 418 g/mol. The van der Waals surface area contributed by atoms with Crippen molar-refractivity contribution in [3.63, 3.8) is 0 Å². The third kappa shape index (κ3) is 13.1. The maximum atomic E-state index is 5.23. The molecule has 0 aromatic heterocycles. The maximum absolute atomic E-state index is 5.23. The predicted octanol–water partition coefficient (Wildman–Crippen LogP) is 7.85. The molecule has 0 atom stereocenters. The minimum absolute atomic E-state index is 0.660. The van der Waals surface area contributed by atoms with Crippen LogP contribution in [0, 0.1) is 11.8 Å². The van der Waals surface area contributed by atoms with Crippen LogP contribution in [0.4, 0.5) is 0 Å². The van der Waals surface area contributed by atoms with Crippen LogP contribution in [0.3, 0.4) is 0 Å². The van der Waals surface area contributed by atoms with E-state index in [0.717, 1.165) is 30.1 Å². The highest BCUT2D eigenvalue weighted by Gasteiger charge is 2.05. The number of hydrogen-bond donors (Lipinski definition) is 0. The molecule has 2 aromatic rings. The van der Waals surface area contributed by atoms with E-state index >= 15 is 0 Å². The molecule has 0 spiro atoms. The highest BCUT2D eigenvalue weighted by Crippen LogP contribution is 2.28. The summed E-state index contributed by atoms with van der Waals surface area (Å²) in [5.41, 5.74) is 2.64. The van der Waals surface area contributed by atoms with Crippen LogP contribution in [0.25, 0.3) is 0 Å². The fraction of sp³-hybridized carbons (Fsp3) is 0.556. The highest BCUT2D eigenvalue weighted by molar-refractivity contribution is 5.42. The molecule has 3 heteroatoms. The van der Waals surface area contributed by atoms with Crippen molar-refractivity contribution >= 4 is 0 Å². The topological polar surface area (TPSA) is 27.7 Å². The second-order valence-corrected chi connectivity index (χ2v) is 7.24. The Morgan fingerprint density at radius 1 is 0.600 bits per heavy atom. The van der Waals surface area contributed by atoms with Gasteiger partial charge in [0.05, 0.1) is 21.3 Å². The van der Waals surface area contributed by atoms with Crippen molar-refractivity contribution in [2.24, 2.45) is 11.8 Å². The molecule has 3 nitrogen and oxygen atoms in total. The van der Waals surface area contributed by atoms with E-state index in [0.29, 0.717) is 11.8 Å².